The molecule has 3 rings (SSSR count). The van der Waals surface area contributed by atoms with Crippen molar-refractivity contribution in [3.63, 3.8) is 0 Å². The lowest BCUT2D eigenvalue weighted by atomic mass is 10.1. The maximum Gasteiger partial charge on any atom is 0.229 e. The maximum atomic E-state index is 8.06. The highest BCUT2D eigenvalue weighted by Gasteiger charge is 2.11. The summed E-state index contributed by atoms with van der Waals surface area (Å²) in [5, 5.41) is 19.3. The fourth-order valence-corrected chi connectivity index (χ4v) is 4.30. The van der Waals surface area contributed by atoms with Crippen LogP contribution in [0.5, 0.6) is 0 Å². The molecule has 0 atom stereocenters. The molecule has 0 unspecified atom stereocenters. The third-order valence-corrected chi connectivity index (χ3v) is 6.36. The van der Waals surface area contributed by atoms with Crippen LogP contribution >= 0.6 is 23.9 Å². The van der Waals surface area contributed by atoms with Gasteiger partial charge in [0.25, 0.3) is 0 Å². The molecule has 0 radical (unpaired) electrons. The van der Waals surface area contributed by atoms with Gasteiger partial charge in [0.05, 0.1) is 4.47 Å². The molecule has 2 aromatic carbocycles. The smallest absolute Gasteiger partial charge is 0.229 e. The Kier molecular flexibility index (Phi) is 7.40. The Hall–Kier alpha value is -2.50. The lowest BCUT2D eigenvalue weighted by molar-refractivity contribution is 1.15. The van der Waals surface area contributed by atoms with Crippen molar-refractivity contribution >= 4 is 63.7 Å². The van der Waals surface area contributed by atoms with E-state index in [2.05, 4.69) is 73.4 Å². The van der Waals surface area contributed by atoms with Gasteiger partial charge in [0.15, 0.2) is 0 Å². The minimum Gasteiger partial charge on any atom is -0.385 e. The molecule has 0 aliphatic heterocycles. The van der Waals surface area contributed by atoms with Gasteiger partial charge in [0, 0.05) is 41.1 Å². The van der Waals surface area contributed by atoms with Crippen molar-refractivity contribution in [3.05, 3.63) is 58.7 Å². The van der Waals surface area contributed by atoms with Crippen LogP contribution < -0.4 is 21.3 Å². The molecule has 0 spiro atoms. The number of benzene rings is 2. The topological polar surface area (TPSA) is 85.7 Å². The summed E-state index contributed by atoms with van der Waals surface area (Å²) in [5.74, 6) is 1.18. The molecule has 3 aromatic rings. The molecule has 0 aliphatic carbocycles. The van der Waals surface area contributed by atoms with Crippen molar-refractivity contribution in [1.82, 2.24) is 9.97 Å². The molecule has 1 aromatic heterocycles. The Labute approximate surface area is 187 Å². The van der Waals surface area contributed by atoms with Crippen molar-refractivity contribution in [2.75, 3.05) is 35.8 Å². The first-order valence-corrected chi connectivity index (χ1v) is 12.7. The van der Waals surface area contributed by atoms with Crippen LogP contribution in [0.15, 0.2) is 53.1 Å². The van der Waals surface area contributed by atoms with Crippen molar-refractivity contribution in [2.24, 2.45) is 0 Å². The van der Waals surface area contributed by atoms with E-state index in [4.69, 9.17) is 5.41 Å². The number of hydrogen-bond acceptors (Lipinski definition) is 6. The second kappa shape index (κ2) is 10.0. The molecule has 0 bridgehead atoms. The Morgan fingerprint density at radius 2 is 1.87 bits per heavy atom. The van der Waals surface area contributed by atoms with Crippen LogP contribution in [0.3, 0.4) is 0 Å². The monoisotopic (exact) mass is 484 g/mol. The second-order valence-corrected chi connectivity index (χ2v) is 10.1. The molecule has 30 heavy (non-hydrogen) atoms. The molecule has 6 nitrogen and oxygen atoms in total. The standard InChI is InChI=1S/C22H26BrN6P/c1-5-25-18-11-10-15(12-16(18)14(2)24)27-22-26-13-17(23)21(29-22)28-19-8-6-7-9-20(19)30(3)4/h6-13,24-25H,5H2,1-4H3,(H2,26,27,28,29). The molecular weight excluding hydrogens is 459 g/mol. The molecule has 8 heteroatoms. The summed E-state index contributed by atoms with van der Waals surface area (Å²) in [6.45, 7) is 9.09. The van der Waals surface area contributed by atoms with Gasteiger partial charge in [0.2, 0.25) is 5.95 Å². The van der Waals surface area contributed by atoms with Crippen LogP contribution in [0, 0.1) is 5.41 Å². The molecule has 156 valence electrons. The molecule has 0 saturated heterocycles. The quantitative estimate of drug-likeness (QED) is 0.235. The van der Waals surface area contributed by atoms with Crippen LogP contribution in [-0.2, 0) is 0 Å². The van der Waals surface area contributed by atoms with E-state index >= 15 is 0 Å². The highest BCUT2D eigenvalue weighted by molar-refractivity contribution is 9.10. The van der Waals surface area contributed by atoms with E-state index in [1.165, 1.54) is 5.30 Å². The maximum absolute atomic E-state index is 8.06. The zero-order valence-corrected chi connectivity index (χ0v) is 20.0. The van der Waals surface area contributed by atoms with E-state index in [1.807, 2.05) is 31.2 Å². The summed E-state index contributed by atoms with van der Waals surface area (Å²) in [4.78, 5) is 9.05. The number of anilines is 5. The number of halogens is 1. The minimum absolute atomic E-state index is 0.249. The highest BCUT2D eigenvalue weighted by atomic mass is 79.9. The number of rotatable bonds is 8. The van der Waals surface area contributed by atoms with Crippen molar-refractivity contribution in [1.29, 1.82) is 5.41 Å². The van der Waals surface area contributed by atoms with Gasteiger partial charge in [0.1, 0.15) is 5.82 Å². The van der Waals surface area contributed by atoms with Gasteiger partial charge in [-0.3, -0.25) is 0 Å². The van der Waals surface area contributed by atoms with Crippen LogP contribution in [0.1, 0.15) is 19.4 Å². The van der Waals surface area contributed by atoms with Gasteiger partial charge in [-0.25, -0.2) is 4.98 Å². The molecule has 0 fully saturated rings. The van der Waals surface area contributed by atoms with E-state index in [9.17, 15) is 0 Å². The van der Waals surface area contributed by atoms with E-state index in [1.54, 1.807) is 13.1 Å². The van der Waals surface area contributed by atoms with Crippen molar-refractivity contribution < 1.29 is 0 Å². The predicted molar refractivity (Wildman–Crippen MR) is 134 cm³/mol. The third kappa shape index (κ3) is 5.35. The molecular formula is C22H26BrN6P. The second-order valence-electron chi connectivity index (χ2n) is 6.97. The lowest BCUT2D eigenvalue weighted by Gasteiger charge is -2.16. The highest BCUT2D eigenvalue weighted by Crippen LogP contribution is 2.31. The molecule has 0 saturated carbocycles. The molecule has 1 heterocycles. The van der Waals surface area contributed by atoms with E-state index in [-0.39, 0.29) is 7.92 Å². The van der Waals surface area contributed by atoms with E-state index in [0.717, 1.165) is 33.6 Å². The fraction of sp³-hybridized carbons (Fsp3) is 0.227. The van der Waals surface area contributed by atoms with Gasteiger partial charge in [-0.05, 0) is 72.7 Å². The van der Waals surface area contributed by atoms with Crippen LogP contribution in [-0.4, -0.2) is 35.6 Å². The fourth-order valence-electron chi connectivity index (χ4n) is 3.02. The van der Waals surface area contributed by atoms with Gasteiger partial charge in [-0.15, -0.1) is 0 Å². The largest absolute Gasteiger partial charge is 0.385 e. The SMILES string of the molecule is CCNc1ccc(Nc2ncc(Br)c(Nc3ccccc3P(C)C)n2)cc1C(C)=N. The van der Waals surface area contributed by atoms with E-state index < -0.39 is 0 Å². The first-order chi connectivity index (χ1) is 14.4. The molecule has 0 aliphatic rings. The zero-order chi connectivity index (χ0) is 21.7. The normalized spacial score (nSPS) is 10.7. The van der Waals surface area contributed by atoms with E-state index in [0.29, 0.717) is 17.5 Å². The average Bonchev–Trinajstić information content (AvgIpc) is 2.72. The number of para-hydroxylation sites is 1. The predicted octanol–water partition coefficient (Wildman–Crippen LogP) is 5.91. The summed E-state index contributed by atoms with van der Waals surface area (Å²) in [7, 11) is -0.249. The number of nitrogens with one attached hydrogen (secondary N) is 4. The van der Waals surface area contributed by atoms with Gasteiger partial charge in [-0.1, -0.05) is 26.1 Å². The summed E-state index contributed by atoms with van der Waals surface area (Å²) in [5.41, 5.74) is 4.18. The number of nitrogens with zero attached hydrogens (tertiary/aromatic N) is 2. The van der Waals surface area contributed by atoms with Crippen LogP contribution in [0.4, 0.5) is 28.8 Å². The minimum atomic E-state index is -0.249. The summed E-state index contributed by atoms with van der Waals surface area (Å²) < 4.78 is 0.790. The average molecular weight is 485 g/mol. The Morgan fingerprint density at radius 3 is 2.57 bits per heavy atom. The first kappa shape index (κ1) is 22.2. The van der Waals surface area contributed by atoms with Crippen molar-refractivity contribution in [2.45, 2.75) is 13.8 Å². The van der Waals surface area contributed by atoms with Gasteiger partial charge in [-0.2, -0.15) is 4.98 Å². The Morgan fingerprint density at radius 1 is 1.10 bits per heavy atom. The van der Waals surface area contributed by atoms with Gasteiger partial charge >= 0.3 is 0 Å². The Balaban J connectivity index is 1.88. The summed E-state index contributed by atoms with van der Waals surface area (Å²) in [6, 6.07) is 14.2. The molecule has 0 amide bonds. The zero-order valence-electron chi connectivity index (χ0n) is 17.5. The Bertz CT molecular complexity index is 1050. The lowest BCUT2D eigenvalue weighted by Crippen LogP contribution is -2.09. The van der Waals surface area contributed by atoms with Gasteiger partial charge < -0.3 is 21.4 Å². The summed E-state index contributed by atoms with van der Waals surface area (Å²) in [6.07, 6.45) is 1.73. The first-order valence-electron chi connectivity index (χ1n) is 9.65. The third-order valence-electron chi connectivity index (χ3n) is 4.43. The van der Waals surface area contributed by atoms with Crippen LogP contribution in [0.25, 0.3) is 0 Å². The number of hydrogen-bond donors (Lipinski definition) is 4. The molecule has 4 N–H and O–H groups in total. The van der Waals surface area contributed by atoms with Crippen molar-refractivity contribution in [3.8, 4) is 0 Å². The summed E-state index contributed by atoms with van der Waals surface area (Å²) >= 11 is 3.55. The van der Waals surface area contributed by atoms with Crippen LogP contribution in [0.2, 0.25) is 0 Å². The number of aromatic nitrogens is 2.